The molecule has 0 aliphatic heterocycles. The van der Waals surface area contributed by atoms with Crippen LogP contribution in [-0.4, -0.2) is 11.6 Å². The molecule has 33 heavy (non-hydrogen) atoms. The van der Waals surface area contributed by atoms with E-state index in [-0.39, 0.29) is 35.2 Å². The summed E-state index contributed by atoms with van der Waals surface area (Å²) in [6.07, 6.45) is 3.14. The van der Waals surface area contributed by atoms with Gasteiger partial charge in [-0.05, 0) is 76.9 Å². The fraction of sp³-hybridized carbons (Fsp3) is 0.290. The highest BCUT2D eigenvalue weighted by Gasteiger charge is 2.56. The van der Waals surface area contributed by atoms with E-state index in [4.69, 9.17) is 0 Å². The predicted octanol–water partition coefficient (Wildman–Crippen LogP) is 6.77. The second kappa shape index (κ2) is 7.66. The molecule has 1 fully saturated rings. The van der Waals surface area contributed by atoms with Gasteiger partial charge < -0.3 is 0 Å². The van der Waals surface area contributed by atoms with Crippen LogP contribution in [0.4, 0.5) is 0 Å². The maximum absolute atomic E-state index is 12.9. The zero-order valence-electron chi connectivity index (χ0n) is 19.2. The van der Waals surface area contributed by atoms with Crippen LogP contribution in [0.2, 0.25) is 0 Å². The van der Waals surface area contributed by atoms with Crippen LogP contribution in [0.15, 0.2) is 72.8 Å². The summed E-state index contributed by atoms with van der Waals surface area (Å²) in [5.41, 5.74) is 5.16. The summed E-state index contributed by atoms with van der Waals surface area (Å²) in [4.78, 5) is 25.9. The minimum atomic E-state index is -0.273. The summed E-state index contributed by atoms with van der Waals surface area (Å²) in [5.74, 6) is -0.295. The molecule has 6 rings (SSSR count). The molecule has 0 aromatic heterocycles. The number of aryl methyl sites for hydroxylation is 2. The molecule has 0 saturated heterocycles. The maximum atomic E-state index is 12.9. The van der Waals surface area contributed by atoms with E-state index < -0.39 is 0 Å². The molecule has 4 atom stereocenters. The summed E-state index contributed by atoms with van der Waals surface area (Å²) >= 11 is 0. The molecule has 2 heteroatoms. The molecule has 4 bridgehead atoms. The van der Waals surface area contributed by atoms with E-state index in [1.807, 2.05) is 0 Å². The highest BCUT2D eigenvalue weighted by atomic mass is 16.1. The topological polar surface area (TPSA) is 34.1 Å². The Balaban J connectivity index is 1.69. The van der Waals surface area contributed by atoms with Gasteiger partial charge in [0.15, 0.2) is 0 Å². The van der Waals surface area contributed by atoms with Crippen LogP contribution in [0.1, 0.15) is 54.4 Å². The largest absolute Gasteiger partial charge is 0.300 e. The van der Waals surface area contributed by atoms with Gasteiger partial charge in [-0.25, -0.2) is 0 Å². The first-order valence-corrected chi connectivity index (χ1v) is 12.1. The Morgan fingerprint density at radius 3 is 1.36 bits per heavy atom. The molecule has 2 aliphatic carbocycles. The summed E-state index contributed by atoms with van der Waals surface area (Å²) in [7, 11) is 0. The summed E-state index contributed by atoms with van der Waals surface area (Å²) < 4.78 is 0. The van der Waals surface area contributed by atoms with Gasteiger partial charge in [-0.3, -0.25) is 9.59 Å². The second-order valence-electron chi connectivity index (χ2n) is 9.90. The number of hydrogen-bond donors (Lipinski definition) is 0. The van der Waals surface area contributed by atoms with E-state index in [2.05, 4.69) is 72.8 Å². The lowest BCUT2D eigenvalue weighted by Gasteiger charge is -2.51. The Morgan fingerprint density at radius 2 is 0.970 bits per heavy atom. The van der Waals surface area contributed by atoms with Crippen LogP contribution < -0.4 is 0 Å². The van der Waals surface area contributed by atoms with Crippen LogP contribution in [-0.2, 0) is 22.4 Å². The van der Waals surface area contributed by atoms with Crippen LogP contribution in [0.3, 0.4) is 0 Å². The van der Waals surface area contributed by atoms with E-state index in [1.165, 1.54) is 43.8 Å². The van der Waals surface area contributed by atoms with Crippen LogP contribution >= 0.6 is 0 Å². The zero-order chi connectivity index (χ0) is 22.7. The quantitative estimate of drug-likeness (QED) is 0.350. The van der Waals surface area contributed by atoms with Crippen molar-refractivity contribution in [1.82, 2.24) is 0 Å². The van der Waals surface area contributed by atoms with Crippen molar-refractivity contribution in [3.05, 3.63) is 95.1 Å². The van der Waals surface area contributed by atoms with Gasteiger partial charge in [0.1, 0.15) is 11.6 Å². The Bertz CT molecular complexity index is 1320. The lowest BCUT2D eigenvalue weighted by Crippen LogP contribution is -2.50. The zero-order valence-corrected chi connectivity index (χ0v) is 19.2. The van der Waals surface area contributed by atoms with Crippen molar-refractivity contribution < 1.29 is 9.59 Å². The number of rotatable bonds is 2. The third-order valence-electron chi connectivity index (χ3n) is 8.19. The van der Waals surface area contributed by atoms with Crippen molar-refractivity contribution in [2.75, 3.05) is 0 Å². The van der Waals surface area contributed by atoms with Gasteiger partial charge in [-0.15, -0.1) is 0 Å². The minimum absolute atomic E-state index is 0.00496. The molecule has 2 nitrogen and oxygen atoms in total. The highest BCUT2D eigenvalue weighted by Crippen LogP contribution is 2.60. The Kier molecular flexibility index (Phi) is 4.72. The number of fused-ring (bicyclic) bond motifs is 15. The van der Waals surface area contributed by atoms with Crippen molar-refractivity contribution in [2.45, 2.75) is 44.9 Å². The Labute approximate surface area is 194 Å². The SMILES string of the molecule is CC(=O)C1C(C(C)=O)C2c3ccc(c4ccccc34)CCCc3ccc(c4ccccc34)C12. The molecular formula is C31H28O2. The standard InChI is InChI=1S/C31H28O2/c1-18(32)28-29(19(2)33)31-27-17-15-21(23-11-4-6-13-25(23)27)9-7-8-20-14-16-26(30(28)31)24-12-5-3-10-22(20)24/h3-6,10-17,28-31H,7-9H2,1-2H3. The van der Waals surface area contributed by atoms with E-state index in [0.717, 1.165) is 19.3 Å². The lowest BCUT2D eigenvalue weighted by molar-refractivity contribution is -0.139. The van der Waals surface area contributed by atoms with E-state index in [0.29, 0.717) is 0 Å². The summed E-state index contributed by atoms with van der Waals surface area (Å²) in [6.45, 7) is 3.32. The molecule has 0 radical (unpaired) electrons. The third-order valence-corrected chi connectivity index (χ3v) is 8.19. The molecule has 0 spiro atoms. The van der Waals surface area contributed by atoms with Crippen LogP contribution in [0.5, 0.6) is 0 Å². The fourth-order valence-electron chi connectivity index (χ4n) is 6.79. The van der Waals surface area contributed by atoms with Crippen molar-refractivity contribution >= 4 is 33.1 Å². The molecule has 0 heterocycles. The summed E-state index contributed by atoms with van der Waals surface area (Å²) in [6, 6.07) is 26.3. The predicted molar refractivity (Wildman–Crippen MR) is 134 cm³/mol. The summed E-state index contributed by atoms with van der Waals surface area (Å²) in [5, 5.41) is 5.04. The number of ketones is 2. The van der Waals surface area contributed by atoms with Gasteiger partial charge in [-0.2, -0.15) is 0 Å². The molecule has 0 amide bonds. The molecule has 164 valence electrons. The van der Waals surface area contributed by atoms with Crippen molar-refractivity contribution in [1.29, 1.82) is 0 Å². The number of Topliss-reactive ketones (excluding diaryl/α,β-unsaturated/α-hetero) is 2. The Morgan fingerprint density at radius 1 is 0.576 bits per heavy atom. The normalized spacial score (nSPS) is 23.9. The average molecular weight is 433 g/mol. The minimum Gasteiger partial charge on any atom is -0.300 e. The highest BCUT2D eigenvalue weighted by molar-refractivity contribution is 5.97. The van der Waals surface area contributed by atoms with E-state index in [9.17, 15) is 9.59 Å². The smallest absolute Gasteiger partial charge is 0.134 e. The second-order valence-corrected chi connectivity index (χ2v) is 9.90. The van der Waals surface area contributed by atoms with Crippen molar-refractivity contribution in [3.63, 3.8) is 0 Å². The molecule has 4 unspecified atom stereocenters. The van der Waals surface area contributed by atoms with Crippen molar-refractivity contribution in [3.8, 4) is 0 Å². The molecule has 4 aromatic carbocycles. The first-order chi connectivity index (χ1) is 16.1. The first-order valence-electron chi connectivity index (χ1n) is 12.1. The van der Waals surface area contributed by atoms with Gasteiger partial charge in [-0.1, -0.05) is 72.8 Å². The van der Waals surface area contributed by atoms with Crippen LogP contribution in [0.25, 0.3) is 21.5 Å². The first kappa shape index (κ1) is 20.4. The van der Waals surface area contributed by atoms with Gasteiger partial charge in [0, 0.05) is 23.7 Å². The molecule has 1 saturated carbocycles. The molecule has 4 aromatic rings. The number of carbonyl (C=O) groups excluding carboxylic acids is 2. The van der Waals surface area contributed by atoms with Crippen LogP contribution in [0, 0.1) is 11.8 Å². The van der Waals surface area contributed by atoms with E-state index in [1.54, 1.807) is 13.8 Å². The lowest BCUT2D eigenvalue weighted by atomic mass is 9.50. The monoisotopic (exact) mass is 432 g/mol. The Hall–Kier alpha value is -3.26. The van der Waals surface area contributed by atoms with Crippen molar-refractivity contribution in [2.24, 2.45) is 11.8 Å². The van der Waals surface area contributed by atoms with Gasteiger partial charge in [0.25, 0.3) is 0 Å². The maximum Gasteiger partial charge on any atom is 0.134 e. The molecule has 2 aliphatic rings. The number of carbonyl (C=O) groups is 2. The van der Waals surface area contributed by atoms with Gasteiger partial charge >= 0.3 is 0 Å². The average Bonchev–Trinajstić information content (AvgIpc) is 2.81. The molecular weight excluding hydrogens is 404 g/mol. The van der Waals surface area contributed by atoms with E-state index >= 15 is 0 Å². The third kappa shape index (κ3) is 3.00. The van der Waals surface area contributed by atoms with Gasteiger partial charge in [0.2, 0.25) is 0 Å². The fourth-order valence-corrected chi connectivity index (χ4v) is 6.79. The molecule has 0 N–H and O–H groups in total. The number of hydrogen-bond acceptors (Lipinski definition) is 2. The van der Waals surface area contributed by atoms with Gasteiger partial charge in [0.05, 0.1) is 0 Å². The number of benzene rings is 4.